The molecule has 0 heterocycles. The first-order valence-corrected chi connectivity index (χ1v) is 5.39. The summed E-state index contributed by atoms with van der Waals surface area (Å²) >= 11 is 1.71. The number of hydrogen-bond donors (Lipinski definition) is 1. The van der Waals surface area contributed by atoms with Gasteiger partial charge >= 0.3 is 0 Å². The van der Waals surface area contributed by atoms with Crippen molar-refractivity contribution in [2.75, 3.05) is 13.4 Å². The number of methoxy groups -OCH3 is 1. The molecule has 72 valence electrons. The van der Waals surface area contributed by atoms with Gasteiger partial charge in [-0.15, -0.1) is 11.8 Å². The van der Waals surface area contributed by atoms with Gasteiger partial charge in [0.2, 0.25) is 0 Å². The average Bonchev–Trinajstić information content (AvgIpc) is 2.16. The van der Waals surface area contributed by atoms with Crippen molar-refractivity contribution in [2.24, 2.45) is 5.73 Å². The average molecular weight is 197 g/mol. The third-order valence-electron chi connectivity index (χ3n) is 1.93. The van der Waals surface area contributed by atoms with Crippen LogP contribution in [0.15, 0.2) is 23.1 Å². The standard InChI is InChI=1S/C10H15NOS/c1-7(11)9-6-8(13-3)4-5-10(9)12-2/h4-7H,11H2,1-3H3. The van der Waals surface area contributed by atoms with Crippen molar-refractivity contribution >= 4 is 11.8 Å². The summed E-state index contributed by atoms with van der Waals surface area (Å²) in [5.41, 5.74) is 6.89. The molecule has 0 spiro atoms. The molecule has 0 bridgehead atoms. The fourth-order valence-corrected chi connectivity index (χ4v) is 1.64. The van der Waals surface area contributed by atoms with Gasteiger partial charge in [-0.2, -0.15) is 0 Å². The first-order chi connectivity index (χ1) is 6.19. The van der Waals surface area contributed by atoms with E-state index in [0.717, 1.165) is 11.3 Å². The van der Waals surface area contributed by atoms with E-state index in [1.165, 1.54) is 4.90 Å². The summed E-state index contributed by atoms with van der Waals surface area (Å²) < 4.78 is 5.22. The monoisotopic (exact) mass is 197 g/mol. The van der Waals surface area contributed by atoms with Crippen LogP contribution >= 0.6 is 11.8 Å². The molecule has 0 aromatic heterocycles. The van der Waals surface area contributed by atoms with E-state index in [4.69, 9.17) is 10.5 Å². The Hall–Kier alpha value is -0.670. The van der Waals surface area contributed by atoms with Crippen LogP contribution in [0.4, 0.5) is 0 Å². The summed E-state index contributed by atoms with van der Waals surface area (Å²) in [5.74, 6) is 0.868. The zero-order chi connectivity index (χ0) is 9.84. The maximum Gasteiger partial charge on any atom is 0.123 e. The van der Waals surface area contributed by atoms with E-state index < -0.39 is 0 Å². The molecule has 0 amide bonds. The number of rotatable bonds is 3. The third kappa shape index (κ3) is 2.39. The van der Waals surface area contributed by atoms with E-state index in [-0.39, 0.29) is 6.04 Å². The van der Waals surface area contributed by atoms with E-state index in [1.807, 2.05) is 25.3 Å². The fourth-order valence-electron chi connectivity index (χ4n) is 1.20. The Bertz CT molecular complexity index is 286. The normalized spacial score (nSPS) is 12.6. The van der Waals surface area contributed by atoms with Crippen molar-refractivity contribution in [1.29, 1.82) is 0 Å². The largest absolute Gasteiger partial charge is 0.496 e. The van der Waals surface area contributed by atoms with E-state index in [0.29, 0.717) is 0 Å². The molecule has 0 aliphatic rings. The van der Waals surface area contributed by atoms with E-state index in [2.05, 4.69) is 6.07 Å². The summed E-state index contributed by atoms with van der Waals surface area (Å²) in [4.78, 5) is 1.22. The molecular weight excluding hydrogens is 182 g/mol. The smallest absolute Gasteiger partial charge is 0.123 e. The molecular formula is C10H15NOS. The quantitative estimate of drug-likeness (QED) is 0.756. The van der Waals surface area contributed by atoms with Crippen LogP contribution in [0.25, 0.3) is 0 Å². The lowest BCUT2D eigenvalue weighted by atomic mass is 10.1. The van der Waals surface area contributed by atoms with Gasteiger partial charge in [-0.3, -0.25) is 0 Å². The minimum Gasteiger partial charge on any atom is -0.496 e. The van der Waals surface area contributed by atoms with Gasteiger partial charge in [-0.05, 0) is 31.4 Å². The van der Waals surface area contributed by atoms with Crippen molar-refractivity contribution in [1.82, 2.24) is 0 Å². The zero-order valence-electron chi connectivity index (χ0n) is 8.20. The highest BCUT2D eigenvalue weighted by Crippen LogP contribution is 2.28. The highest BCUT2D eigenvalue weighted by atomic mass is 32.2. The molecule has 0 aliphatic carbocycles. The van der Waals surface area contributed by atoms with Crippen LogP contribution in [-0.2, 0) is 0 Å². The van der Waals surface area contributed by atoms with Crippen molar-refractivity contribution in [3.05, 3.63) is 23.8 Å². The second-order valence-electron chi connectivity index (χ2n) is 2.90. The molecule has 1 aromatic rings. The molecule has 1 unspecified atom stereocenters. The SMILES string of the molecule is COc1ccc(SC)cc1C(C)N. The first kappa shape index (κ1) is 10.4. The van der Waals surface area contributed by atoms with Gasteiger partial charge in [0.1, 0.15) is 5.75 Å². The molecule has 1 atom stereocenters. The van der Waals surface area contributed by atoms with Crippen LogP contribution in [0.5, 0.6) is 5.75 Å². The number of nitrogens with two attached hydrogens (primary N) is 1. The van der Waals surface area contributed by atoms with Gasteiger partial charge in [0.25, 0.3) is 0 Å². The van der Waals surface area contributed by atoms with E-state index in [9.17, 15) is 0 Å². The third-order valence-corrected chi connectivity index (χ3v) is 2.65. The molecule has 3 heteroatoms. The molecule has 0 saturated heterocycles. The number of benzene rings is 1. The van der Waals surface area contributed by atoms with Crippen molar-refractivity contribution in [3.63, 3.8) is 0 Å². The summed E-state index contributed by atoms with van der Waals surface area (Å²) in [6, 6.07) is 6.09. The lowest BCUT2D eigenvalue weighted by Crippen LogP contribution is -2.06. The second kappa shape index (κ2) is 4.53. The lowest BCUT2D eigenvalue weighted by Gasteiger charge is -2.12. The Kier molecular flexibility index (Phi) is 3.63. The van der Waals surface area contributed by atoms with Gasteiger partial charge in [-0.25, -0.2) is 0 Å². The topological polar surface area (TPSA) is 35.2 Å². The maximum absolute atomic E-state index is 5.82. The summed E-state index contributed by atoms with van der Waals surface area (Å²) in [6.07, 6.45) is 2.05. The molecule has 1 aromatic carbocycles. The Balaban J connectivity index is 3.10. The summed E-state index contributed by atoms with van der Waals surface area (Å²) in [5, 5.41) is 0. The van der Waals surface area contributed by atoms with Crippen LogP contribution in [0.1, 0.15) is 18.5 Å². The first-order valence-electron chi connectivity index (χ1n) is 4.16. The minimum atomic E-state index is 0.0158. The van der Waals surface area contributed by atoms with Crippen molar-refractivity contribution < 1.29 is 4.74 Å². The second-order valence-corrected chi connectivity index (χ2v) is 3.78. The molecule has 2 nitrogen and oxygen atoms in total. The number of thioether (sulfide) groups is 1. The van der Waals surface area contributed by atoms with Gasteiger partial charge in [0, 0.05) is 16.5 Å². The van der Waals surface area contributed by atoms with Crippen molar-refractivity contribution in [2.45, 2.75) is 17.9 Å². The van der Waals surface area contributed by atoms with E-state index in [1.54, 1.807) is 18.9 Å². The molecule has 0 radical (unpaired) electrons. The highest BCUT2D eigenvalue weighted by molar-refractivity contribution is 7.98. The Labute approximate surface area is 83.5 Å². The zero-order valence-corrected chi connectivity index (χ0v) is 9.02. The van der Waals surface area contributed by atoms with Crippen LogP contribution in [0, 0.1) is 0 Å². The van der Waals surface area contributed by atoms with Gasteiger partial charge in [0.05, 0.1) is 7.11 Å². The van der Waals surface area contributed by atoms with Crippen LogP contribution in [-0.4, -0.2) is 13.4 Å². The molecule has 0 fully saturated rings. The van der Waals surface area contributed by atoms with Crippen molar-refractivity contribution in [3.8, 4) is 5.75 Å². The molecule has 0 aliphatic heterocycles. The molecule has 13 heavy (non-hydrogen) atoms. The Morgan fingerprint density at radius 1 is 1.46 bits per heavy atom. The van der Waals surface area contributed by atoms with Gasteiger partial charge < -0.3 is 10.5 Å². The Morgan fingerprint density at radius 3 is 2.62 bits per heavy atom. The van der Waals surface area contributed by atoms with Crippen LogP contribution in [0.2, 0.25) is 0 Å². The lowest BCUT2D eigenvalue weighted by molar-refractivity contribution is 0.406. The summed E-state index contributed by atoms with van der Waals surface area (Å²) in [7, 11) is 1.67. The van der Waals surface area contributed by atoms with E-state index >= 15 is 0 Å². The van der Waals surface area contributed by atoms with Crippen LogP contribution < -0.4 is 10.5 Å². The molecule has 1 rings (SSSR count). The highest BCUT2D eigenvalue weighted by Gasteiger charge is 2.07. The number of hydrogen-bond acceptors (Lipinski definition) is 3. The van der Waals surface area contributed by atoms with Gasteiger partial charge in [0.15, 0.2) is 0 Å². The molecule has 0 saturated carbocycles. The predicted molar refractivity (Wildman–Crippen MR) is 57.4 cm³/mol. The fraction of sp³-hybridized carbons (Fsp3) is 0.400. The maximum atomic E-state index is 5.82. The van der Waals surface area contributed by atoms with Crippen LogP contribution in [0.3, 0.4) is 0 Å². The Morgan fingerprint density at radius 2 is 2.15 bits per heavy atom. The van der Waals surface area contributed by atoms with Gasteiger partial charge in [-0.1, -0.05) is 0 Å². The molecule has 2 N–H and O–H groups in total. The summed E-state index contributed by atoms with van der Waals surface area (Å²) in [6.45, 7) is 1.96. The predicted octanol–water partition coefficient (Wildman–Crippen LogP) is 2.44. The minimum absolute atomic E-state index is 0.0158. The number of ether oxygens (including phenoxy) is 1.